The fourth-order valence-corrected chi connectivity index (χ4v) is 1.71. The van der Waals surface area contributed by atoms with Crippen molar-refractivity contribution in [1.29, 1.82) is 0 Å². The molecule has 130 valence electrons. The van der Waals surface area contributed by atoms with Gasteiger partial charge in [-0.25, -0.2) is 5.43 Å². The van der Waals surface area contributed by atoms with E-state index in [1.807, 2.05) is 18.2 Å². The molecule has 1 aromatic carbocycles. The van der Waals surface area contributed by atoms with Crippen molar-refractivity contribution in [1.82, 2.24) is 5.43 Å². The lowest BCUT2D eigenvalue weighted by atomic mass is 10.1. The Bertz CT molecular complexity index is 599. The van der Waals surface area contributed by atoms with Gasteiger partial charge in [0.25, 0.3) is 0 Å². The molecule has 0 spiro atoms. The van der Waals surface area contributed by atoms with Crippen molar-refractivity contribution >= 4 is 29.2 Å². The van der Waals surface area contributed by atoms with Gasteiger partial charge in [0.1, 0.15) is 0 Å². The highest BCUT2D eigenvalue weighted by atomic mass is 16.5. The standard InChI is InChI=1S/C17H23N3O4/c1-4-24-17(23)12(2)13(3)19-20-16(22)11-10-15(21)18-14-8-6-5-7-9-14/h5-9,12H,4,10-11H2,1-3H3,(H,18,21)(H,20,22)/b19-13-/t12-/m1/s1. The Morgan fingerprint density at radius 3 is 2.38 bits per heavy atom. The lowest BCUT2D eigenvalue weighted by molar-refractivity contribution is -0.145. The molecule has 0 aliphatic rings. The number of anilines is 1. The molecule has 2 N–H and O–H groups in total. The molecule has 0 radical (unpaired) electrons. The molecule has 0 saturated carbocycles. The second-order valence-corrected chi connectivity index (χ2v) is 5.18. The molecule has 7 heteroatoms. The number of hydrogen-bond donors (Lipinski definition) is 2. The molecule has 0 bridgehead atoms. The van der Waals surface area contributed by atoms with E-state index in [-0.39, 0.29) is 18.7 Å². The summed E-state index contributed by atoms with van der Waals surface area (Å²) in [6, 6.07) is 9.00. The number of carbonyl (C=O) groups excluding carboxylic acids is 3. The second kappa shape index (κ2) is 10.1. The first kappa shape index (κ1) is 19.3. The normalized spacial score (nSPS) is 12.2. The van der Waals surface area contributed by atoms with E-state index in [4.69, 9.17) is 4.74 Å². The summed E-state index contributed by atoms with van der Waals surface area (Å²) in [5.74, 6) is -1.58. The summed E-state index contributed by atoms with van der Waals surface area (Å²) in [7, 11) is 0. The molecule has 0 fully saturated rings. The molecule has 0 saturated heterocycles. The summed E-state index contributed by atoms with van der Waals surface area (Å²) in [6.07, 6.45) is 0.0476. The average molecular weight is 333 g/mol. The number of esters is 1. The van der Waals surface area contributed by atoms with E-state index in [1.54, 1.807) is 32.9 Å². The summed E-state index contributed by atoms with van der Waals surface area (Å²) >= 11 is 0. The van der Waals surface area contributed by atoms with Crippen molar-refractivity contribution in [2.45, 2.75) is 33.6 Å². The molecule has 0 unspecified atom stereocenters. The predicted octanol–water partition coefficient (Wildman–Crippen LogP) is 2.10. The molecule has 0 aromatic heterocycles. The minimum atomic E-state index is -0.536. The summed E-state index contributed by atoms with van der Waals surface area (Å²) in [5, 5.41) is 6.57. The molecule has 0 aliphatic heterocycles. The highest BCUT2D eigenvalue weighted by molar-refractivity contribution is 6.01. The van der Waals surface area contributed by atoms with Crippen LogP contribution in [-0.4, -0.2) is 30.1 Å². The monoisotopic (exact) mass is 333 g/mol. The van der Waals surface area contributed by atoms with Crippen molar-refractivity contribution in [3.63, 3.8) is 0 Å². The molecule has 1 rings (SSSR count). The molecule has 1 atom stereocenters. The Labute approximate surface area is 141 Å². The van der Waals surface area contributed by atoms with E-state index in [0.29, 0.717) is 18.0 Å². The number of amides is 2. The summed E-state index contributed by atoms with van der Waals surface area (Å²) in [5.41, 5.74) is 3.46. The smallest absolute Gasteiger partial charge is 0.314 e. The number of nitrogens with zero attached hydrogens (tertiary/aromatic N) is 1. The van der Waals surface area contributed by atoms with Gasteiger partial charge in [-0.05, 0) is 32.9 Å². The van der Waals surface area contributed by atoms with Gasteiger partial charge in [0.2, 0.25) is 11.8 Å². The van der Waals surface area contributed by atoms with Crippen LogP contribution in [0.1, 0.15) is 33.6 Å². The summed E-state index contributed by atoms with van der Waals surface area (Å²) in [6.45, 7) is 5.29. The molecular formula is C17H23N3O4. The first-order chi connectivity index (χ1) is 11.4. The number of benzene rings is 1. The Kier molecular flexibility index (Phi) is 8.18. The Morgan fingerprint density at radius 1 is 1.12 bits per heavy atom. The van der Waals surface area contributed by atoms with Gasteiger partial charge >= 0.3 is 5.97 Å². The third-order valence-corrected chi connectivity index (χ3v) is 3.26. The maximum absolute atomic E-state index is 11.7. The fraction of sp³-hybridized carbons (Fsp3) is 0.412. The van der Waals surface area contributed by atoms with Gasteiger partial charge in [-0.2, -0.15) is 5.10 Å². The van der Waals surface area contributed by atoms with Gasteiger partial charge in [-0.3, -0.25) is 14.4 Å². The van der Waals surface area contributed by atoms with E-state index < -0.39 is 17.8 Å². The lowest BCUT2D eigenvalue weighted by Gasteiger charge is -2.10. The van der Waals surface area contributed by atoms with Crippen LogP contribution >= 0.6 is 0 Å². The minimum Gasteiger partial charge on any atom is -0.465 e. The fourth-order valence-electron chi connectivity index (χ4n) is 1.71. The summed E-state index contributed by atoms with van der Waals surface area (Å²) in [4.78, 5) is 35.0. The zero-order chi connectivity index (χ0) is 17.9. The molecule has 7 nitrogen and oxygen atoms in total. The Hall–Kier alpha value is -2.70. The van der Waals surface area contributed by atoms with Gasteiger partial charge < -0.3 is 10.1 Å². The topological polar surface area (TPSA) is 96.9 Å². The first-order valence-electron chi connectivity index (χ1n) is 7.78. The SMILES string of the molecule is CCOC(=O)[C@H](C)/C(C)=N\NC(=O)CCC(=O)Nc1ccccc1. The van der Waals surface area contributed by atoms with Crippen LogP contribution in [0.15, 0.2) is 35.4 Å². The Balaban J connectivity index is 2.36. The Morgan fingerprint density at radius 2 is 1.75 bits per heavy atom. The van der Waals surface area contributed by atoms with Crippen LogP contribution in [0.3, 0.4) is 0 Å². The number of nitrogens with one attached hydrogen (secondary N) is 2. The number of para-hydroxylation sites is 1. The van der Waals surface area contributed by atoms with Gasteiger partial charge in [0, 0.05) is 24.2 Å². The third-order valence-electron chi connectivity index (χ3n) is 3.26. The van der Waals surface area contributed by atoms with E-state index in [2.05, 4.69) is 15.8 Å². The molecule has 1 aromatic rings. The number of hydrogen-bond acceptors (Lipinski definition) is 5. The number of rotatable bonds is 8. The van der Waals surface area contributed by atoms with Crippen molar-refractivity contribution in [3.8, 4) is 0 Å². The number of ether oxygens (including phenoxy) is 1. The van der Waals surface area contributed by atoms with Gasteiger partial charge in [-0.15, -0.1) is 0 Å². The van der Waals surface area contributed by atoms with E-state index in [9.17, 15) is 14.4 Å². The van der Waals surface area contributed by atoms with Crippen LogP contribution in [0.4, 0.5) is 5.69 Å². The highest BCUT2D eigenvalue weighted by Gasteiger charge is 2.17. The first-order valence-corrected chi connectivity index (χ1v) is 7.78. The largest absolute Gasteiger partial charge is 0.465 e. The van der Waals surface area contributed by atoms with Gasteiger partial charge in [-0.1, -0.05) is 18.2 Å². The lowest BCUT2D eigenvalue weighted by Crippen LogP contribution is -2.26. The zero-order valence-electron chi connectivity index (χ0n) is 14.2. The minimum absolute atomic E-state index is 0.00321. The van der Waals surface area contributed by atoms with E-state index in [0.717, 1.165) is 0 Å². The van der Waals surface area contributed by atoms with Crippen LogP contribution in [0.5, 0.6) is 0 Å². The molecule has 2 amide bonds. The summed E-state index contributed by atoms with van der Waals surface area (Å²) < 4.78 is 4.88. The average Bonchev–Trinajstić information content (AvgIpc) is 2.58. The van der Waals surface area contributed by atoms with Gasteiger partial charge in [0.15, 0.2) is 0 Å². The molecule has 24 heavy (non-hydrogen) atoms. The van der Waals surface area contributed by atoms with Crippen LogP contribution in [0, 0.1) is 5.92 Å². The van der Waals surface area contributed by atoms with Crippen molar-refractivity contribution in [2.75, 3.05) is 11.9 Å². The van der Waals surface area contributed by atoms with Crippen molar-refractivity contribution in [3.05, 3.63) is 30.3 Å². The molecule has 0 aliphatic carbocycles. The number of hydrazone groups is 1. The highest BCUT2D eigenvalue weighted by Crippen LogP contribution is 2.06. The van der Waals surface area contributed by atoms with Crippen molar-refractivity contribution in [2.24, 2.45) is 11.0 Å². The molecular weight excluding hydrogens is 310 g/mol. The maximum atomic E-state index is 11.7. The van der Waals surface area contributed by atoms with Crippen LogP contribution in [0.25, 0.3) is 0 Å². The zero-order valence-corrected chi connectivity index (χ0v) is 14.2. The van der Waals surface area contributed by atoms with Gasteiger partial charge in [0.05, 0.1) is 12.5 Å². The van der Waals surface area contributed by atoms with Crippen molar-refractivity contribution < 1.29 is 19.1 Å². The molecule has 0 heterocycles. The van der Waals surface area contributed by atoms with E-state index >= 15 is 0 Å². The maximum Gasteiger partial charge on any atom is 0.314 e. The van der Waals surface area contributed by atoms with Crippen LogP contribution < -0.4 is 10.7 Å². The van der Waals surface area contributed by atoms with Crippen LogP contribution in [-0.2, 0) is 19.1 Å². The van der Waals surface area contributed by atoms with Crippen LogP contribution in [0.2, 0.25) is 0 Å². The number of carbonyl (C=O) groups is 3. The second-order valence-electron chi connectivity index (χ2n) is 5.18. The third kappa shape index (κ3) is 7.04. The quantitative estimate of drug-likeness (QED) is 0.432. The predicted molar refractivity (Wildman–Crippen MR) is 91.4 cm³/mol. The van der Waals surface area contributed by atoms with E-state index in [1.165, 1.54) is 0 Å².